The number of hydrogen-bond acceptors (Lipinski definition) is 2. The summed E-state index contributed by atoms with van der Waals surface area (Å²) in [5.74, 6) is 0. The molecule has 112 valence electrons. The molecule has 0 aliphatic heterocycles. The molecule has 3 heteroatoms. The molecule has 2 nitrogen and oxygen atoms in total. The van der Waals surface area contributed by atoms with Crippen molar-refractivity contribution in [2.45, 2.75) is 13.3 Å². The molecule has 0 saturated carbocycles. The molecule has 5 rings (SSSR count). The highest BCUT2D eigenvalue weighted by molar-refractivity contribution is 6.30. The molecule has 1 heterocycles. The van der Waals surface area contributed by atoms with E-state index in [1.165, 1.54) is 17.5 Å². The van der Waals surface area contributed by atoms with Crippen LogP contribution in [0.1, 0.15) is 16.8 Å². The second kappa shape index (κ2) is 7.21. The van der Waals surface area contributed by atoms with Crippen molar-refractivity contribution in [3.63, 3.8) is 0 Å². The quantitative estimate of drug-likeness (QED) is 0.507. The highest BCUT2D eigenvalue weighted by Gasteiger charge is 2.04. The Morgan fingerprint density at radius 3 is 1.91 bits per heavy atom. The van der Waals surface area contributed by atoms with Crippen molar-refractivity contribution in [2.24, 2.45) is 0 Å². The Balaban J connectivity index is 0.000000185. The average Bonchev–Trinajstić information content (AvgIpc) is 2.49. The molecule has 3 aromatic rings. The van der Waals surface area contributed by atoms with Gasteiger partial charge in [-0.1, -0.05) is 54.1 Å². The first kappa shape index (κ1) is 16.2. The molecule has 22 heavy (non-hydrogen) atoms. The van der Waals surface area contributed by atoms with Crippen LogP contribution in [0, 0.1) is 6.92 Å². The van der Waals surface area contributed by atoms with Gasteiger partial charge < -0.3 is 6.15 Å². The van der Waals surface area contributed by atoms with Crippen molar-refractivity contribution in [1.82, 2.24) is 11.1 Å². The normalized spacial score (nSPS) is 10.6. The minimum absolute atomic E-state index is 0. The van der Waals surface area contributed by atoms with E-state index in [9.17, 15) is 0 Å². The van der Waals surface area contributed by atoms with E-state index < -0.39 is 0 Å². The van der Waals surface area contributed by atoms with Gasteiger partial charge in [-0.2, -0.15) is 0 Å². The third-order valence-corrected chi connectivity index (χ3v) is 3.68. The number of aromatic nitrogens is 1. The lowest BCUT2D eigenvalue weighted by molar-refractivity contribution is 1.09. The summed E-state index contributed by atoms with van der Waals surface area (Å²) >= 11 is 5.81. The zero-order valence-corrected chi connectivity index (χ0v) is 13.3. The minimum Gasteiger partial charge on any atom is -0.344 e. The lowest BCUT2D eigenvalue weighted by Crippen LogP contribution is -1.97. The zero-order valence-electron chi connectivity index (χ0n) is 12.6. The Morgan fingerprint density at radius 1 is 0.864 bits per heavy atom. The molecule has 0 atom stereocenters. The molecule has 2 aromatic carbocycles. The van der Waals surface area contributed by atoms with Gasteiger partial charge in [0.1, 0.15) is 0 Å². The van der Waals surface area contributed by atoms with Gasteiger partial charge in [0, 0.05) is 16.3 Å². The van der Waals surface area contributed by atoms with E-state index in [2.05, 4.69) is 29.2 Å². The summed E-state index contributed by atoms with van der Waals surface area (Å²) < 4.78 is 0. The second-order valence-corrected chi connectivity index (χ2v) is 5.60. The molecule has 0 radical (unpaired) electrons. The summed E-state index contributed by atoms with van der Waals surface area (Å²) in [6, 6.07) is 22.3. The molecule has 3 N–H and O–H groups in total. The van der Waals surface area contributed by atoms with E-state index in [1.807, 2.05) is 49.4 Å². The molecular formula is C19H19ClN2. The van der Waals surface area contributed by atoms with Gasteiger partial charge >= 0.3 is 0 Å². The van der Waals surface area contributed by atoms with E-state index in [1.54, 1.807) is 0 Å². The predicted molar refractivity (Wildman–Crippen MR) is 93.7 cm³/mol. The van der Waals surface area contributed by atoms with E-state index in [4.69, 9.17) is 11.6 Å². The SMILES string of the molecule is Cc1cccc(-c2ccc(Cl)cc2)n1.N.c1cc2cc(c1)C2. The summed E-state index contributed by atoms with van der Waals surface area (Å²) in [5.41, 5.74) is 6.08. The number of rotatable bonds is 1. The van der Waals surface area contributed by atoms with Gasteiger partial charge in [-0.15, -0.1) is 0 Å². The summed E-state index contributed by atoms with van der Waals surface area (Å²) in [6.07, 6.45) is 1.22. The van der Waals surface area contributed by atoms with Gasteiger partial charge in [-0.05, 0) is 48.7 Å². The van der Waals surface area contributed by atoms with Crippen molar-refractivity contribution in [3.05, 3.63) is 88.6 Å². The molecular weight excluding hydrogens is 292 g/mol. The van der Waals surface area contributed by atoms with Crippen molar-refractivity contribution >= 4 is 11.6 Å². The Bertz CT molecular complexity index is 727. The monoisotopic (exact) mass is 310 g/mol. The van der Waals surface area contributed by atoms with E-state index in [0.29, 0.717) is 0 Å². The van der Waals surface area contributed by atoms with Gasteiger partial charge in [0.05, 0.1) is 5.69 Å². The van der Waals surface area contributed by atoms with E-state index >= 15 is 0 Å². The number of nitrogens with zero attached hydrogens (tertiary/aromatic N) is 1. The number of pyridine rings is 1. The fourth-order valence-electron chi connectivity index (χ4n) is 2.28. The third kappa shape index (κ3) is 3.94. The van der Waals surface area contributed by atoms with Crippen LogP contribution in [0.5, 0.6) is 0 Å². The molecule has 0 unspecified atom stereocenters. The van der Waals surface area contributed by atoms with E-state index in [-0.39, 0.29) is 6.15 Å². The molecule has 2 aliphatic carbocycles. The van der Waals surface area contributed by atoms with Crippen molar-refractivity contribution in [1.29, 1.82) is 0 Å². The van der Waals surface area contributed by atoms with Crippen molar-refractivity contribution < 1.29 is 0 Å². The first-order chi connectivity index (χ1) is 10.2. The number of aryl methyl sites for hydroxylation is 1. The van der Waals surface area contributed by atoms with Crippen molar-refractivity contribution in [2.75, 3.05) is 0 Å². The van der Waals surface area contributed by atoms with Gasteiger partial charge in [-0.3, -0.25) is 4.98 Å². The first-order valence-corrected chi connectivity index (χ1v) is 7.36. The Morgan fingerprint density at radius 2 is 1.45 bits per heavy atom. The second-order valence-electron chi connectivity index (χ2n) is 5.17. The van der Waals surface area contributed by atoms with Gasteiger partial charge in [-0.25, -0.2) is 0 Å². The van der Waals surface area contributed by atoms with Crippen LogP contribution in [0.3, 0.4) is 0 Å². The summed E-state index contributed by atoms with van der Waals surface area (Å²) in [5, 5.41) is 0.751. The van der Waals surface area contributed by atoms with Crippen LogP contribution in [-0.2, 0) is 6.42 Å². The summed E-state index contributed by atoms with van der Waals surface area (Å²) in [4.78, 5) is 4.43. The third-order valence-electron chi connectivity index (χ3n) is 3.43. The lowest BCUT2D eigenvalue weighted by Gasteiger charge is -2.11. The number of fused-ring (bicyclic) bond motifs is 2. The zero-order chi connectivity index (χ0) is 14.7. The fourth-order valence-corrected chi connectivity index (χ4v) is 2.40. The lowest BCUT2D eigenvalue weighted by atomic mass is 9.94. The maximum absolute atomic E-state index is 5.81. The van der Waals surface area contributed by atoms with Gasteiger partial charge in [0.15, 0.2) is 0 Å². The van der Waals surface area contributed by atoms with Crippen LogP contribution in [-0.4, -0.2) is 4.98 Å². The highest BCUT2D eigenvalue weighted by atomic mass is 35.5. The van der Waals surface area contributed by atoms with E-state index in [0.717, 1.165) is 22.0 Å². The summed E-state index contributed by atoms with van der Waals surface area (Å²) in [6.45, 7) is 1.99. The smallest absolute Gasteiger partial charge is 0.0705 e. The number of hydrogen-bond donors (Lipinski definition) is 1. The van der Waals surface area contributed by atoms with Crippen LogP contribution in [0.25, 0.3) is 11.3 Å². The topological polar surface area (TPSA) is 47.9 Å². The van der Waals surface area contributed by atoms with Gasteiger partial charge in [0.2, 0.25) is 0 Å². The van der Waals surface area contributed by atoms with Crippen LogP contribution >= 0.6 is 11.6 Å². The standard InChI is InChI=1S/C12H10ClN.C7H6.H3N/c1-9-3-2-4-12(14-9)10-5-7-11(13)8-6-10;1-2-6-4-7(3-1)5-6;/h2-8H,1H3;1-4H,5H2;1H3. The highest BCUT2D eigenvalue weighted by Crippen LogP contribution is 2.20. The maximum atomic E-state index is 5.81. The predicted octanol–water partition coefficient (Wildman–Crippen LogP) is 5.46. The molecule has 2 bridgehead atoms. The summed E-state index contributed by atoms with van der Waals surface area (Å²) in [7, 11) is 0. The molecule has 0 amide bonds. The van der Waals surface area contributed by atoms with Crippen LogP contribution in [0.15, 0.2) is 66.7 Å². The van der Waals surface area contributed by atoms with Crippen LogP contribution < -0.4 is 6.15 Å². The molecule has 2 aliphatic rings. The Hall–Kier alpha value is -2.16. The first-order valence-electron chi connectivity index (χ1n) is 6.98. The fraction of sp³-hybridized carbons (Fsp3) is 0.105. The van der Waals surface area contributed by atoms with Crippen LogP contribution in [0.2, 0.25) is 5.02 Å². The average molecular weight is 311 g/mol. The number of benzene rings is 2. The van der Waals surface area contributed by atoms with Crippen LogP contribution in [0.4, 0.5) is 0 Å². The molecule has 0 fully saturated rings. The minimum atomic E-state index is 0. The largest absolute Gasteiger partial charge is 0.344 e. The molecule has 0 saturated heterocycles. The Labute approximate surface area is 136 Å². The van der Waals surface area contributed by atoms with Crippen molar-refractivity contribution in [3.8, 4) is 11.3 Å². The molecule has 1 aromatic heterocycles. The van der Waals surface area contributed by atoms with Gasteiger partial charge in [0.25, 0.3) is 0 Å². The Kier molecular flexibility index (Phi) is 5.31. The number of halogens is 1. The molecule has 0 spiro atoms. The maximum Gasteiger partial charge on any atom is 0.0705 e.